The highest BCUT2D eigenvalue weighted by Crippen LogP contribution is 2.37. The van der Waals surface area contributed by atoms with E-state index in [9.17, 15) is 5.11 Å². The van der Waals surface area contributed by atoms with Crippen molar-refractivity contribution in [3.8, 4) is 0 Å². The van der Waals surface area contributed by atoms with Gasteiger partial charge in [-0.25, -0.2) is 0 Å². The zero-order chi connectivity index (χ0) is 12.9. The Bertz CT molecular complexity index is 269. The number of likely N-dealkylation sites (N-methyl/N-ethyl adjacent to an activating group) is 1. The Labute approximate surface area is 105 Å². The molecule has 100 valence electrons. The van der Waals surface area contributed by atoms with E-state index in [1.807, 2.05) is 13.8 Å². The SMILES string of the molecule is CC.CCCC1(CO)CC(=C2COC2)CN1C. The molecule has 0 spiro atoms. The minimum Gasteiger partial charge on any atom is -0.394 e. The van der Waals surface area contributed by atoms with E-state index in [2.05, 4.69) is 18.9 Å². The van der Waals surface area contributed by atoms with Crippen LogP contribution in [0, 0.1) is 0 Å². The van der Waals surface area contributed by atoms with Crippen LogP contribution in [0.3, 0.4) is 0 Å². The Morgan fingerprint density at radius 2 is 1.94 bits per heavy atom. The molecule has 2 aliphatic rings. The number of hydrogen-bond donors (Lipinski definition) is 1. The maximum absolute atomic E-state index is 9.61. The van der Waals surface area contributed by atoms with Crippen LogP contribution in [0.4, 0.5) is 0 Å². The van der Waals surface area contributed by atoms with Crippen molar-refractivity contribution in [1.82, 2.24) is 4.90 Å². The van der Waals surface area contributed by atoms with E-state index in [1.54, 1.807) is 0 Å². The van der Waals surface area contributed by atoms with Crippen LogP contribution in [0.1, 0.15) is 40.0 Å². The lowest BCUT2D eigenvalue weighted by molar-refractivity contribution is 0.0754. The molecule has 0 aromatic heterocycles. The van der Waals surface area contributed by atoms with Crippen molar-refractivity contribution in [3.63, 3.8) is 0 Å². The molecule has 0 aliphatic carbocycles. The molecule has 2 saturated heterocycles. The second kappa shape index (κ2) is 6.53. The molecule has 0 aromatic carbocycles. The average Bonchev–Trinajstić information content (AvgIpc) is 2.58. The summed E-state index contributed by atoms with van der Waals surface area (Å²) in [7, 11) is 2.12. The van der Waals surface area contributed by atoms with Gasteiger partial charge in [-0.1, -0.05) is 32.8 Å². The van der Waals surface area contributed by atoms with Crippen LogP contribution in [0.5, 0.6) is 0 Å². The van der Waals surface area contributed by atoms with Crippen molar-refractivity contribution < 1.29 is 9.84 Å². The monoisotopic (exact) mass is 241 g/mol. The third-order valence-corrected chi connectivity index (χ3v) is 3.84. The number of aliphatic hydroxyl groups excluding tert-OH is 1. The Hall–Kier alpha value is -0.380. The van der Waals surface area contributed by atoms with Gasteiger partial charge in [0.05, 0.1) is 19.8 Å². The van der Waals surface area contributed by atoms with Gasteiger partial charge in [-0.15, -0.1) is 0 Å². The molecular formula is C14H27NO2. The Morgan fingerprint density at radius 1 is 1.29 bits per heavy atom. The van der Waals surface area contributed by atoms with E-state index in [0.29, 0.717) is 0 Å². The van der Waals surface area contributed by atoms with E-state index in [-0.39, 0.29) is 12.1 Å². The summed E-state index contributed by atoms with van der Waals surface area (Å²) in [5.74, 6) is 0. The van der Waals surface area contributed by atoms with E-state index in [1.165, 1.54) is 11.1 Å². The largest absolute Gasteiger partial charge is 0.394 e. The minimum absolute atomic E-state index is 0.00662. The lowest BCUT2D eigenvalue weighted by atomic mass is 9.89. The molecule has 2 rings (SSSR count). The molecule has 0 saturated carbocycles. The molecule has 2 aliphatic heterocycles. The number of rotatable bonds is 3. The van der Waals surface area contributed by atoms with Crippen LogP contribution in [-0.4, -0.2) is 49.0 Å². The standard InChI is InChI=1S/C12H21NO2.C2H6/c1-3-4-12(9-14)5-10(6-13(12)2)11-7-15-8-11;1-2/h14H,3-9H2,1-2H3;1-2H3. The Kier molecular flexibility index (Phi) is 5.63. The first-order valence-electron chi connectivity index (χ1n) is 6.81. The summed E-state index contributed by atoms with van der Waals surface area (Å²) in [4.78, 5) is 2.32. The van der Waals surface area contributed by atoms with Crippen molar-refractivity contribution in [2.24, 2.45) is 0 Å². The zero-order valence-electron chi connectivity index (χ0n) is 11.8. The van der Waals surface area contributed by atoms with Crippen LogP contribution in [0.2, 0.25) is 0 Å². The highest BCUT2D eigenvalue weighted by Gasteiger charge is 2.41. The lowest BCUT2D eigenvalue weighted by Gasteiger charge is -2.33. The second-order valence-electron chi connectivity index (χ2n) is 4.87. The van der Waals surface area contributed by atoms with Gasteiger partial charge in [0, 0.05) is 12.1 Å². The topological polar surface area (TPSA) is 32.7 Å². The van der Waals surface area contributed by atoms with Gasteiger partial charge < -0.3 is 9.84 Å². The summed E-state index contributed by atoms with van der Waals surface area (Å²) in [6, 6.07) is 0. The van der Waals surface area contributed by atoms with Gasteiger partial charge in [0.15, 0.2) is 0 Å². The molecule has 0 aromatic rings. The Morgan fingerprint density at radius 3 is 2.35 bits per heavy atom. The predicted molar refractivity (Wildman–Crippen MR) is 71.2 cm³/mol. The first-order chi connectivity index (χ1) is 8.22. The van der Waals surface area contributed by atoms with Gasteiger partial charge in [-0.05, 0) is 25.5 Å². The number of likely N-dealkylation sites (tertiary alicyclic amines) is 1. The molecule has 0 bridgehead atoms. The van der Waals surface area contributed by atoms with Gasteiger partial charge in [-0.3, -0.25) is 4.90 Å². The minimum atomic E-state index is 0.00662. The molecule has 1 unspecified atom stereocenters. The van der Waals surface area contributed by atoms with E-state index < -0.39 is 0 Å². The zero-order valence-corrected chi connectivity index (χ0v) is 11.8. The molecule has 2 heterocycles. The van der Waals surface area contributed by atoms with Crippen molar-refractivity contribution in [2.45, 2.75) is 45.6 Å². The van der Waals surface area contributed by atoms with Crippen molar-refractivity contribution in [2.75, 3.05) is 33.4 Å². The number of aliphatic hydroxyl groups is 1. The van der Waals surface area contributed by atoms with Crippen LogP contribution < -0.4 is 0 Å². The van der Waals surface area contributed by atoms with E-state index >= 15 is 0 Å². The van der Waals surface area contributed by atoms with Gasteiger partial charge in [-0.2, -0.15) is 0 Å². The normalized spacial score (nSPS) is 28.8. The molecule has 1 N–H and O–H groups in total. The highest BCUT2D eigenvalue weighted by atomic mass is 16.5. The molecule has 17 heavy (non-hydrogen) atoms. The summed E-state index contributed by atoms with van der Waals surface area (Å²) in [6.07, 6.45) is 3.24. The first kappa shape index (κ1) is 14.7. The van der Waals surface area contributed by atoms with E-state index in [0.717, 1.165) is 39.0 Å². The van der Waals surface area contributed by atoms with Crippen molar-refractivity contribution >= 4 is 0 Å². The van der Waals surface area contributed by atoms with Gasteiger partial charge in [0.2, 0.25) is 0 Å². The maximum atomic E-state index is 9.61. The molecule has 1 atom stereocenters. The maximum Gasteiger partial charge on any atom is 0.0706 e. The number of ether oxygens (including phenoxy) is 1. The van der Waals surface area contributed by atoms with Crippen LogP contribution in [-0.2, 0) is 4.74 Å². The fourth-order valence-corrected chi connectivity index (χ4v) is 2.69. The van der Waals surface area contributed by atoms with Gasteiger partial charge in [0.1, 0.15) is 0 Å². The number of nitrogens with zero attached hydrogens (tertiary/aromatic N) is 1. The smallest absolute Gasteiger partial charge is 0.0706 e. The van der Waals surface area contributed by atoms with E-state index in [4.69, 9.17) is 4.74 Å². The summed E-state index contributed by atoms with van der Waals surface area (Å²) in [5.41, 5.74) is 2.98. The second-order valence-corrected chi connectivity index (χ2v) is 4.87. The highest BCUT2D eigenvalue weighted by molar-refractivity contribution is 5.27. The summed E-state index contributed by atoms with van der Waals surface area (Å²) >= 11 is 0. The molecule has 2 fully saturated rings. The lowest BCUT2D eigenvalue weighted by Crippen LogP contribution is -2.44. The van der Waals surface area contributed by atoms with Gasteiger partial charge in [0.25, 0.3) is 0 Å². The Balaban J connectivity index is 0.000000686. The summed E-state index contributed by atoms with van der Waals surface area (Å²) < 4.78 is 5.21. The molecular weight excluding hydrogens is 214 g/mol. The van der Waals surface area contributed by atoms with Crippen LogP contribution in [0.25, 0.3) is 0 Å². The van der Waals surface area contributed by atoms with Crippen molar-refractivity contribution in [3.05, 3.63) is 11.1 Å². The quantitative estimate of drug-likeness (QED) is 0.769. The predicted octanol–water partition coefficient (Wildman–Crippen LogP) is 2.21. The van der Waals surface area contributed by atoms with Crippen molar-refractivity contribution in [1.29, 1.82) is 0 Å². The molecule has 3 nitrogen and oxygen atoms in total. The average molecular weight is 241 g/mol. The summed E-state index contributed by atoms with van der Waals surface area (Å²) in [5, 5.41) is 9.61. The fourth-order valence-electron chi connectivity index (χ4n) is 2.69. The van der Waals surface area contributed by atoms with Crippen LogP contribution in [0.15, 0.2) is 11.1 Å². The fraction of sp³-hybridized carbons (Fsp3) is 0.857. The molecule has 0 radical (unpaired) electrons. The third kappa shape index (κ3) is 2.90. The summed E-state index contributed by atoms with van der Waals surface area (Å²) in [6.45, 7) is 9.10. The number of hydrogen-bond acceptors (Lipinski definition) is 3. The van der Waals surface area contributed by atoms with Gasteiger partial charge >= 0.3 is 0 Å². The first-order valence-corrected chi connectivity index (χ1v) is 6.81. The molecule has 3 heteroatoms. The third-order valence-electron chi connectivity index (χ3n) is 3.84. The van der Waals surface area contributed by atoms with Crippen LogP contribution >= 0.6 is 0 Å². The molecule has 0 amide bonds.